The van der Waals surface area contributed by atoms with Crippen LogP contribution in [-0.4, -0.2) is 70.4 Å². The first-order valence-corrected chi connectivity index (χ1v) is 7.51. The molecule has 1 aliphatic rings. The zero-order chi connectivity index (χ0) is 13.8. The van der Waals surface area contributed by atoms with Crippen molar-refractivity contribution < 1.29 is 22.7 Å². The van der Waals surface area contributed by atoms with Gasteiger partial charge in [-0.1, -0.05) is 0 Å². The Balaban J connectivity index is 2.65. The first-order valence-electron chi connectivity index (χ1n) is 5.66. The Morgan fingerprint density at radius 2 is 2.22 bits per heavy atom. The zero-order valence-corrected chi connectivity index (χ0v) is 11.7. The smallest absolute Gasteiger partial charge is 0.253 e. The highest BCUT2D eigenvalue weighted by Gasteiger charge is 2.41. The fourth-order valence-electron chi connectivity index (χ4n) is 1.71. The molecule has 1 aliphatic heterocycles. The Hall–Kier alpha value is -0.700. The Morgan fingerprint density at radius 1 is 1.56 bits per heavy atom. The summed E-state index contributed by atoms with van der Waals surface area (Å²) in [6.07, 6.45) is 1.13. The van der Waals surface area contributed by atoms with Gasteiger partial charge in [0.05, 0.1) is 26.0 Å². The summed E-state index contributed by atoms with van der Waals surface area (Å²) in [4.78, 5) is 12.0. The largest absolute Gasteiger partial charge is 0.383 e. The molecule has 7 nitrogen and oxygen atoms in total. The molecular weight excluding hydrogens is 260 g/mol. The molecule has 0 aromatic heterocycles. The number of nitrogens with one attached hydrogen (secondary N) is 1. The summed E-state index contributed by atoms with van der Waals surface area (Å²) in [6, 6.07) is 0. The molecule has 0 aromatic carbocycles. The lowest BCUT2D eigenvalue weighted by Crippen LogP contribution is -2.59. The van der Waals surface area contributed by atoms with Crippen molar-refractivity contribution in [3.63, 3.8) is 0 Å². The quantitative estimate of drug-likeness (QED) is 0.639. The van der Waals surface area contributed by atoms with Crippen LogP contribution in [0.25, 0.3) is 0 Å². The third-order valence-electron chi connectivity index (χ3n) is 2.78. The SMILES string of the molecule is COCCNC(=O)C1(C)CN(S(C)(=O)=O)CCO1. The van der Waals surface area contributed by atoms with Gasteiger partial charge in [-0.15, -0.1) is 0 Å². The monoisotopic (exact) mass is 280 g/mol. The van der Waals surface area contributed by atoms with Gasteiger partial charge in [0.25, 0.3) is 5.91 Å². The summed E-state index contributed by atoms with van der Waals surface area (Å²) in [6.45, 7) is 2.88. The number of amides is 1. The van der Waals surface area contributed by atoms with Crippen molar-refractivity contribution in [3.8, 4) is 0 Å². The van der Waals surface area contributed by atoms with Crippen molar-refractivity contribution in [2.45, 2.75) is 12.5 Å². The summed E-state index contributed by atoms with van der Waals surface area (Å²) < 4.78 is 34.5. The second kappa shape index (κ2) is 5.96. The average Bonchev–Trinajstić information content (AvgIpc) is 2.28. The fourth-order valence-corrected chi connectivity index (χ4v) is 2.60. The van der Waals surface area contributed by atoms with Crippen molar-refractivity contribution in [1.29, 1.82) is 0 Å². The van der Waals surface area contributed by atoms with Crippen LogP contribution in [0.2, 0.25) is 0 Å². The van der Waals surface area contributed by atoms with E-state index in [2.05, 4.69) is 5.32 Å². The third-order valence-corrected chi connectivity index (χ3v) is 4.03. The van der Waals surface area contributed by atoms with Crippen molar-refractivity contribution in [1.82, 2.24) is 9.62 Å². The lowest BCUT2D eigenvalue weighted by atomic mass is 10.0. The second-order valence-electron chi connectivity index (χ2n) is 4.42. The van der Waals surface area contributed by atoms with Gasteiger partial charge in [-0.25, -0.2) is 8.42 Å². The van der Waals surface area contributed by atoms with Gasteiger partial charge in [0.15, 0.2) is 5.60 Å². The first-order chi connectivity index (χ1) is 8.29. The van der Waals surface area contributed by atoms with E-state index in [1.165, 1.54) is 11.4 Å². The molecule has 106 valence electrons. The lowest BCUT2D eigenvalue weighted by Gasteiger charge is -2.37. The minimum Gasteiger partial charge on any atom is -0.383 e. The highest BCUT2D eigenvalue weighted by Crippen LogP contribution is 2.19. The van der Waals surface area contributed by atoms with Gasteiger partial charge in [-0.3, -0.25) is 4.79 Å². The topological polar surface area (TPSA) is 84.9 Å². The van der Waals surface area contributed by atoms with Crippen LogP contribution in [0, 0.1) is 0 Å². The Labute approximate surface area is 107 Å². The van der Waals surface area contributed by atoms with E-state index in [1.807, 2.05) is 0 Å². The molecule has 1 saturated heterocycles. The van der Waals surface area contributed by atoms with Gasteiger partial charge in [-0.2, -0.15) is 4.31 Å². The molecule has 0 aliphatic carbocycles. The molecule has 1 atom stereocenters. The predicted molar refractivity (Wildman–Crippen MR) is 65.7 cm³/mol. The highest BCUT2D eigenvalue weighted by molar-refractivity contribution is 7.88. The number of sulfonamides is 1. The minimum absolute atomic E-state index is 0.0324. The van der Waals surface area contributed by atoms with Crippen LogP contribution in [0.3, 0.4) is 0 Å². The molecule has 0 aromatic rings. The summed E-state index contributed by atoms with van der Waals surface area (Å²) in [5.74, 6) is -0.326. The van der Waals surface area contributed by atoms with Gasteiger partial charge in [-0.05, 0) is 6.92 Å². The number of morpholine rings is 1. The van der Waals surface area contributed by atoms with Crippen LogP contribution in [0.15, 0.2) is 0 Å². The number of hydrogen-bond acceptors (Lipinski definition) is 5. The van der Waals surface area contributed by atoms with Crippen LogP contribution in [0.4, 0.5) is 0 Å². The van der Waals surface area contributed by atoms with Crippen molar-refractivity contribution >= 4 is 15.9 Å². The minimum atomic E-state index is -3.31. The molecule has 1 N–H and O–H groups in total. The van der Waals surface area contributed by atoms with Gasteiger partial charge < -0.3 is 14.8 Å². The molecule has 0 saturated carbocycles. The van der Waals surface area contributed by atoms with E-state index in [1.54, 1.807) is 6.92 Å². The molecule has 0 spiro atoms. The maximum absolute atomic E-state index is 12.0. The van der Waals surface area contributed by atoms with Crippen LogP contribution < -0.4 is 5.32 Å². The third kappa shape index (κ3) is 3.91. The van der Waals surface area contributed by atoms with Crippen LogP contribution in [0.5, 0.6) is 0 Å². The van der Waals surface area contributed by atoms with Gasteiger partial charge in [0.1, 0.15) is 0 Å². The Bertz CT molecular complexity index is 397. The van der Waals surface area contributed by atoms with E-state index in [0.29, 0.717) is 13.2 Å². The molecule has 1 amide bonds. The Kier molecular flexibility index (Phi) is 5.09. The van der Waals surface area contributed by atoms with Gasteiger partial charge in [0.2, 0.25) is 10.0 Å². The van der Waals surface area contributed by atoms with Crippen LogP contribution in [0.1, 0.15) is 6.92 Å². The Morgan fingerprint density at radius 3 is 2.78 bits per heavy atom. The predicted octanol–water partition coefficient (Wildman–Crippen LogP) is -1.20. The number of hydrogen-bond donors (Lipinski definition) is 1. The van der Waals surface area contributed by atoms with Gasteiger partial charge >= 0.3 is 0 Å². The molecule has 18 heavy (non-hydrogen) atoms. The van der Waals surface area contributed by atoms with Crippen molar-refractivity contribution in [3.05, 3.63) is 0 Å². The lowest BCUT2D eigenvalue weighted by molar-refractivity contribution is -0.152. The summed E-state index contributed by atoms with van der Waals surface area (Å²) in [5.41, 5.74) is -1.14. The summed E-state index contributed by atoms with van der Waals surface area (Å²) in [5, 5.41) is 2.66. The number of carbonyl (C=O) groups is 1. The average molecular weight is 280 g/mol. The number of ether oxygens (including phenoxy) is 2. The van der Waals surface area contributed by atoms with E-state index in [9.17, 15) is 13.2 Å². The van der Waals surface area contributed by atoms with E-state index < -0.39 is 15.6 Å². The maximum Gasteiger partial charge on any atom is 0.253 e. The van der Waals surface area contributed by atoms with E-state index in [-0.39, 0.29) is 25.6 Å². The molecule has 8 heteroatoms. The second-order valence-corrected chi connectivity index (χ2v) is 6.41. The molecule has 0 bridgehead atoms. The molecule has 1 unspecified atom stereocenters. The normalized spacial score (nSPS) is 25.9. The molecule has 1 fully saturated rings. The number of nitrogens with zero attached hydrogens (tertiary/aromatic N) is 1. The number of carbonyl (C=O) groups excluding carboxylic acids is 1. The summed E-state index contributed by atoms with van der Waals surface area (Å²) >= 11 is 0. The zero-order valence-electron chi connectivity index (χ0n) is 10.9. The van der Waals surface area contributed by atoms with Crippen LogP contribution in [-0.2, 0) is 24.3 Å². The van der Waals surface area contributed by atoms with Gasteiger partial charge in [0, 0.05) is 20.2 Å². The number of rotatable bonds is 5. The molecule has 1 heterocycles. The maximum atomic E-state index is 12.0. The highest BCUT2D eigenvalue weighted by atomic mass is 32.2. The standard InChI is InChI=1S/C10H20N2O5S/c1-10(9(13)11-4-6-16-2)8-12(5-7-17-10)18(3,14)15/h4-8H2,1-3H3,(H,11,13). The van der Waals surface area contributed by atoms with E-state index in [4.69, 9.17) is 9.47 Å². The fraction of sp³-hybridized carbons (Fsp3) is 0.900. The number of methoxy groups -OCH3 is 1. The first kappa shape index (κ1) is 15.4. The van der Waals surface area contributed by atoms with E-state index in [0.717, 1.165) is 6.26 Å². The molecule has 1 rings (SSSR count). The molecule has 0 radical (unpaired) electrons. The van der Waals surface area contributed by atoms with Crippen molar-refractivity contribution in [2.24, 2.45) is 0 Å². The van der Waals surface area contributed by atoms with Crippen molar-refractivity contribution in [2.75, 3.05) is 46.2 Å². The van der Waals surface area contributed by atoms with E-state index >= 15 is 0 Å². The van der Waals surface area contributed by atoms with Crippen LogP contribution >= 0.6 is 0 Å². The summed E-state index contributed by atoms with van der Waals surface area (Å²) in [7, 11) is -1.77. The molecular formula is C10H20N2O5S.